The predicted octanol–water partition coefficient (Wildman–Crippen LogP) is 2.74. The minimum absolute atomic E-state index is 0.107. The van der Waals surface area contributed by atoms with Gasteiger partial charge in [0.15, 0.2) is 0 Å². The van der Waals surface area contributed by atoms with Crippen molar-refractivity contribution < 1.29 is 0 Å². The molecule has 0 radical (unpaired) electrons. The molecular weight excluding hydrogens is 266 g/mol. The zero-order valence-corrected chi connectivity index (χ0v) is 11.8. The topological polar surface area (TPSA) is 43.8 Å². The highest BCUT2D eigenvalue weighted by Gasteiger charge is 2.08. The quantitative estimate of drug-likeness (QED) is 0.857. The summed E-state index contributed by atoms with van der Waals surface area (Å²) in [4.78, 5) is 1.08. The lowest BCUT2D eigenvalue weighted by Gasteiger charge is -2.10. The van der Waals surface area contributed by atoms with E-state index in [0.29, 0.717) is 0 Å². The second-order valence-corrected chi connectivity index (χ2v) is 5.70. The number of thioether (sulfide) groups is 1. The second kappa shape index (κ2) is 6.27. The Kier molecular flexibility index (Phi) is 4.69. The molecule has 1 atom stereocenters. The molecule has 2 aromatic rings. The Morgan fingerprint density at radius 1 is 1.44 bits per heavy atom. The van der Waals surface area contributed by atoms with E-state index in [1.165, 1.54) is 5.56 Å². The molecule has 0 aliphatic heterocycles. The van der Waals surface area contributed by atoms with Gasteiger partial charge in [-0.1, -0.05) is 23.7 Å². The first-order chi connectivity index (χ1) is 8.65. The van der Waals surface area contributed by atoms with Gasteiger partial charge in [-0.3, -0.25) is 4.68 Å². The molecule has 1 heterocycles. The van der Waals surface area contributed by atoms with Crippen LogP contribution in [0.1, 0.15) is 5.56 Å². The number of hydrogen-bond acceptors (Lipinski definition) is 3. The number of rotatable bonds is 5. The van der Waals surface area contributed by atoms with Gasteiger partial charge in [-0.25, -0.2) is 0 Å². The molecule has 1 aromatic carbocycles. The van der Waals surface area contributed by atoms with Gasteiger partial charge in [-0.15, -0.1) is 11.8 Å². The zero-order chi connectivity index (χ0) is 13.0. The Hall–Kier alpha value is -0.970. The number of benzene rings is 1. The molecule has 96 valence electrons. The molecule has 2 N–H and O–H groups in total. The van der Waals surface area contributed by atoms with Gasteiger partial charge < -0.3 is 5.73 Å². The van der Waals surface area contributed by atoms with E-state index < -0.39 is 0 Å². The summed E-state index contributed by atoms with van der Waals surface area (Å²) in [5, 5.41) is 4.92. The van der Waals surface area contributed by atoms with Crippen molar-refractivity contribution in [2.24, 2.45) is 12.8 Å². The maximum Gasteiger partial charge on any atom is 0.0541 e. The van der Waals surface area contributed by atoms with Gasteiger partial charge in [-0.05, 0) is 24.1 Å². The molecule has 0 amide bonds. The fraction of sp³-hybridized carbons (Fsp3) is 0.308. The summed E-state index contributed by atoms with van der Waals surface area (Å²) >= 11 is 7.79. The van der Waals surface area contributed by atoms with E-state index in [-0.39, 0.29) is 6.04 Å². The number of hydrogen-bond donors (Lipinski definition) is 1. The molecule has 0 aliphatic carbocycles. The van der Waals surface area contributed by atoms with E-state index in [2.05, 4.69) is 5.10 Å². The van der Waals surface area contributed by atoms with Crippen LogP contribution in [0, 0.1) is 0 Å². The van der Waals surface area contributed by atoms with Crippen LogP contribution in [0.2, 0.25) is 5.02 Å². The molecule has 0 saturated carbocycles. The monoisotopic (exact) mass is 281 g/mol. The molecule has 0 fully saturated rings. The van der Waals surface area contributed by atoms with Crippen LogP contribution >= 0.6 is 23.4 Å². The van der Waals surface area contributed by atoms with Crippen LogP contribution in [0.4, 0.5) is 0 Å². The van der Waals surface area contributed by atoms with Crippen LogP contribution in [-0.2, 0) is 13.5 Å². The van der Waals surface area contributed by atoms with Crippen molar-refractivity contribution in [2.45, 2.75) is 17.4 Å². The lowest BCUT2D eigenvalue weighted by Crippen LogP contribution is -2.25. The van der Waals surface area contributed by atoms with E-state index in [0.717, 1.165) is 22.1 Å². The molecule has 0 aliphatic rings. The Bertz CT molecular complexity index is 512. The van der Waals surface area contributed by atoms with Crippen molar-refractivity contribution in [2.75, 3.05) is 5.75 Å². The maximum atomic E-state index is 6.11. The van der Waals surface area contributed by atoms with E-state index >= 15 is 0 Å². The summed E-state index contributed by atoms with van der Waals surface area (Å²) in [7, 11) is 1.91. The van der Waals surface area contributed by atoms with Crippen molar-refractivity contribution in [3.05, 3.63) is 47.2 Å². The molecule has 0 spiro atoms. The molecule has 2 rings (SSSR count). The minimum atomic E-state index is 0.107. The highest BCUT2D eigenvalue weighted by molar-refractivity contribution is 7.99. The van der Waals surface area contributed by atoms with Crippen molar-refractivity contribution in [1.29, 1.82) is 0 Å². The molecular formula is C13H16ClN3S. The summed E-state index contributed by atoms with van der Waals surface area (Å²) in [5.41, 5.74) is 7.28. The number of nitrogens with zero attached hydrogens (tertiary/aromatic N) is 2. The first-order valence-corrected chi connectivity index (χ1v) is 7.12. The van der Waals surface area contributed by atoms with Crippen LogP contribution in [-0.4, -0.2) is 21.6 Å². The SMILES string of the molecule is Cn1cc(CC(N)CSc2ccccc2Cl)cn1. The number of aromatic nitrogens is 2. The Morgan fingerprint density at radius 3 is 2.89 bits per heavy atom. The third kappa shape index (κ3) is 3.77. The van der Waals surface area contributed by atoms with Gasteiger partial charge in [0.25, 0.3) is 0 Å². The van der Waals surface area contributed by atoms with Crippen molar-refractivity contribution in [3.8, 4) is 0 Å². The zero-order valence-electron chi connectivity index (χ0n) is 10.2. The predicted molar refractivity (Wildman–Crippen MR) is 77.1 cm³/mol. The van der Waals surface area contributed by atoms with E-state index in [9.17, 15) is 0 Å². The van der Waals surface area contributed by atoms with Gasteiger partial charge in [0.05, 0.1) is 11.2 Å². The van der Waals surface area contributed by atoms with Crippen LogP contribution in [0.5, 0.6) is 0 Å². The van der Waals surface area contributed by atoms with Gasteiger partial charge in [0, 0.05) is 29.9 Å². The van der Waals surface area contributed by atoms with Crippen LogP contribution in [0.3, 0.4) is 0 Å². The van der Waals surface area contributed by atoms with Crippen LogP contribution in [0.25, 0.3) is 0 Å². The molecule has 1 unspecified atom stereocenters. The highest BCUT2D eigenvalue weighted by Crippen LogP contribution is 2.27. The summed E-state index contributed by atoms with van der Waals surface area (Å²) in [5.74, 6) is 0.846. The van der Waals surface area contributed by atoms with Crippen molar-refractivity contribution in [1.82, 2.24) is 9.78 Å². The Labute approximate surface area is 116 Å². The average Bonchev–Trinajstić information content (AvgIpc) is 2.74. The summed E-state index contributed by atoms with van der Waals surface area (Å²) < 4.78 is 1.79. The number of halogens is 1. The first-order valence-electron chi connectivity index (χ1n) is 5.75. The summed E-state index contributed by atoms with van der Waals surface area (Å²) in [6.07, 6.45) is 4.70. The number of nitrogens with two attached hydrogens (primary N) is 1. The normalized spacial score (nSPS) is 12.6. The molecule has 1 aromatic heterocycles. The Morgan fingerprint density at radius 2 is 2.22 bits per heavy atom. The van der Waals surface area contributed by atoms with Crippen LogP contribution < -0.4 is 5.73 Å². The number of aryl methyl sites for hydroxylation is 1. The van der Waals surface area contributed by atoms with Crippen molar-refractivity contribution >= 4 is 23.4 Å². The van der Waals surface area contributed by atoms with Crippen molar-refractivity contribution in [3.63, 3.8) is 0 Å². The van der Waals surface area contributed by atoms with E-state index in [1.54, 1.807) is 16.4 Å². The van der Waals surface area contributed by atoms with E-state index in [1.807, 2.05) is 43.7 Å². The largest absolute Gasteiger partial charge is 0.327 e. The third-order valence-corrected chi connectivity index (χ3v) is 4.25. The van der Waals surface area contributed by atoms with Crippen LogP contribution in [0.15, 0.2) is 41.6 Å². The molecule has 18 heavy (non-hydrogen) atoms. The lowest BCUT2D eigenvalue weighted by molar-refractivity contribution is 0.743. The maximum absolute atomic E-state index is 6.11. The van der Waals surface area contributed by atoms with Gasteiger partial charge in [0.1, 0.15) is 0 Å². The Balaban J connectivity index is 1.85. The fourth-order valence-electron chi connectivity index (χ4n) is 1.70. The minimum Gasteiger partial charge on any atom is -0.327 e. The molecule has 0 bridgehead atoms. The summed E-state index contributed by atoms with van der Waals surface area (Å²) in [6.45, 7) is 0. The van der Waals surface area contributed by atoms with Gasteiger partial charge in [-0.2, -0.15) is 5.10 Å². The standard InChI is InChI=1S/C13H16ClN3S/c1-17-8-10(7-16-17)6-11(15)9-18-13-5-3-2-4-12(13)14/h2-5,7-8,11H,6,9,15H2,1H3. The molecule has 0 saturated heterocycles. The molecule has 3 nitrogen and oxygen atoms in total. The lowest BCUT2D eigenvalue weighted by atomic mass is 10.1. The fourth-order valence-corrected chi connectivity index (χ4v) is 2.89. The molecule has 5 heteroatoms. The second-order valence-electron chi connectivity index (χ2n) is 4.23. The smallest absolute Gasteiger partial charge is 0.0541 e. The third-order valence-electron chi connectivity index (χ3n) is 2.55. The van der Waals surface area contributed by atoms with Gasteiger partial charge >= 0.3 is 0 Å². The first kappa shape index (κ1) is 13.5. The highest BCUT2D eigenvalue weighted by atomic mass is 35.5. The van der Waals surface area contributed by atoms with E-state index in [4.69, 9.17) is 17.3 Å². The summed E-state index contributed by atoms with van der Waals surface area (Å²) in [6, 6.07) is 7.94. The average molecular weight is 282 g/mol. The van der Waals surface area contributed by atoms with Gasteiger partial charge in [0.2, 0.25) is 0 Å².